The Morgan fingerprint density at radius 3 is 3.04 bits per heavy atom. The van der Waals surface area contributed by atoms with Gasteiger partial charge in [0.25, 0.3) is 0 Å². The first-order valence-electron chi connectivity index (χ1n) is 8.40. The number of aryl methyl sites for hydroxylation is 1. The van der Waals surface area contributed by atoms with Crippen LogP contribution in [0.5, 0.6) is 0 Å². The first-order chi connectivity index (χ1) is 12.7. The molecule has 1 fully saturated rings. The Morgan fingerprint density at radius 1 is 1.42 bits per heavy atom. The number of carbonyl (C=O) groups excluding carboxylic acids is 1. The molecule has 0 spiro atoms. The Morgan fingerprint density at radius 2 is 2.27 bits per heavy atom. The highest BCUT2D eigenvalue weighted by molar-refractivity contribution is 7.13. The summed E-state index contributed by atoms with van der Waals surface area (Å²) in [5.74, 6) is 1.34. The minimum atomic E-state index is -0.118. The predicted molar refractivity (Wildman–Crippen MR) is 95.3 cm³/mol. The molecule has 0 aliphatic carbocycles. The Bertz CT molecular complexity index is 894. The van der Waals surface area contributed by atoms with E-state index in [0.29, 0.717) is 18.9 Å². The Kier molecular flexibility index (Phi) is 4.61. The number of aromatic nitrogens is 4. The normalized spacial score (nSPS) is 16.8. The molecule has 0 bridgehead atoms. The second-order valence-electron chi connectivity index (χ2n) is 6.10. The summed E-state index contributed by atoms with van der Waals surface area (Å²) in [6.45, 7) is 2.94. The van der Waals surface area contributed by atoms with Gasteiger partial charge in [0, 0.05) is 30.4 Å². The van der Waals surface area contributed by atoms with Gasteiger partial charge in [-0.1, -0.05) is 5.16 Å². The number of nitrogens with zero attached hydrogens (tertiary/aromatic N) is 5. The number of thiazole rings is 1. The third-order valence-electron chi connectivity index (χ3n) is 4.22. The minimum Gasteiger partial charge on any atom is -0.359 e. The van der Waals surface area contributed by atoms with Crippen LogP contribution in [0, 0.1) is 6.92 Å². The number of hydrogen-bond donors (Lipinski definition) is 1. The first kappa shape index (κ1) is 16.6. The fourth-order valence-corrected chi connectivity index (χ4v) is 3.78. The second kappa shape index (κ2) is 7.20. The number of nitrogens with one attached hydrogen (secondary N) is 1. The van der Waals surface area contributed by atoms with E-state index in [4.69, 9.17) is 4.52 Å². The monoisotopic (exact) mass is 370 g/mol. The topological polar surface area (TPSA) is 97.0 Å². The lowest BCUT2D eigenvalue weighted by atomic mass is 10.1. The van der Waals surface area contributed by atoms with Crippen LogP contribution in [-0.4, -0.2) is 37.6 Å². The Hall–Kier alpha value is -2.81. The van der Waals surface area contributed by atoms with Crippen LogP contribution in [0.1, 0.15) is 36.0 Å². The number of urea groups is 1. The molecule has 3 aromatic heterocycles. The highest BCUT2D eigenvalue weighted by Crippen LogP contribution is 2.32. The molecule has 3 aromatic rings. The summed E-state index contributed by atoms with van der Waals surface area (Å²) in [7, 11) is 0. The minimum absolute atomic E-state index is 0.0556. The maximum atomic E-state index is 12.6. The molecule has 0 aromatic carbocycles. The fourth-order valence-electron chi connectivity index (χ4n) is 3.01. The summed E-state index contributed by atoms with van der Waals surface area (Å²) in [5.41, 5.74) is 1.61. The number of likely N-dealkylation sites (tertiary alicyclic amines) is 1. The van der Waals surface area contributed by atoms with E-state index in [2.05, 4.69) is 25.4 Å². The van der Waals surface area contributed by atoms with E-state index in [9.17, 15) is 4.79 Å². The Balaban J connectivity index is 1.39. The standard InChI is InChI=1S/C17H18N6O2S/c1-11-8-14(25-22-11)13-4-2-7-23(13)17(24)20-9-12-10-26-16(21-12)15-18-5-3-6-19-15/h3,5-6,8,10,13H,2,4,7,9H2,1H3,(H,20,24)/t13-/m1/s1. The largest absolute Gasteiger partial charge is 0.359 e. The molecule has 4 rings (SSSR count). The highest BCUT2D eigenvalue weighted by Gasteiger charge is 2.32. The van der Waals surface area contributed by atoms with Crippen molar-refractivity contribution in [3.8, 4) is 10.8 Å². The molecule has 1 saturated heterocycles. The molecule has 26 heavy (non-hydrogen) atoms. The van der Waals surface area contributed by atoms with Gasteiger partial charge in [-0.05, 0) is 25.8 Å². The highest BCUT2D eigenvalue weighted by atomic mass is 32.1. The maximum Gasteiger partial charge on any atom is 0.318 e. The average Bonchev–Trinajstić information content (AvgIpc) is 3.40. The average molecular weight is 370 g/mol. The first-order valence-corrected chi connectivity index (χ1v) is 9.28. The third kappa shape index (κ3) is 3.43. The van der Waals surface area contributed by atoms with Crippen LogP contribution in [0.4, 0.5) is 4.79 Å². The molecule has 9 heteroatoms. The number of carbonyl (C=O) groups is 1. The summed E-state index contributed by atoms with van der Waals surface area (Å²) >= 11 is 1.46. The fraction of sp³-hybridized carbons (Fsp3) is 0.353. The van der Waals surface area contributed by atoms with Crippen LogP contribution >= 0.6 is 11.3 Å². The van der Waals surface area contributed by atoms with Gasteiger partial charge >= 0.3 is 6.03 Å². The van der Waals surface area contributed by atoms with Crippen molar-refractivity contribution >= 4 is 17.4 Å². The van der Waals surface area contributed by atoms with Crippen LogP contribution in [0.15, 0.2) is 34.4 Å². The molecule has 2 amide bonds. The molecular formula is C17H18N6O2S. The summed E-state index contributed by atoms with van der Waals surface area (Å²) in [6.07, 6.45) is 5.20. The summed E-state index contributed by atoms with van der Waals surface area (Å²) in [6, 6.07) is 3.48. The lowest BCUT2D eigenvalue weighted by Gasteiger charge is -2.22. The molecule has 134 valence electrons. The lowest BCUT2D eigenvalue weighted by molar-refractivity contribution is 0.182. The van der Waals surface area contributed by atoms with Crippen LogP contribution in [-0.2, 0) is 6.54 Å². The van der Waals surface area contributed by atoms with Gasteiger partial charge in [0.2, 0.25) is 0 Å². The van der Waals surface area contributed by atoms with Gasteiger partial charge in [-0.3, -0.25) is 0 Å². The van der Waals surface area contributed by atoms with Gasteiger partial charge in [0.05, 0.1) is 24.0 Å². The van der Waals surface area contributed by atoms with Gasteiger partial charge in [-0.2, -0.15) is 0 Å². The van der Waals surface area contributed by atoms with E-state index in [1.165, 1.54) is 11.3 Å². The molecule has 1 atom stereocenters. The summed E-state index contributed by atoms with van der Waals surface area (Å²) < 4.78 is 5.35. The van der Waals surface area contributed by atoms with Crippen molar-refractivity contribution in [2.75, 3.05) is 6.54 Å². The molecule has 0 saturated carbocycles. The summed E-state index contributed by atoms with van der Waals surface area (Å²) in [4.78, 5) is 27.3. The van der Waals surface area contributed by atoms with Crippen molar-refractivity contribution in [2.24, 2.45) is 0 Å². The zero-order valence-corrected chi connectivity index (χ0v) is 15.1. The van der Waals surface area contributed by atoms with E-state index in [0.717, 1.165) is 35.0 Å². The van der Waals surface area contributed by atoms with Gasteiger partial charge in [-0.25, -0.2) is 19.7 Å². The zero-order chi connectivity index (χ0) is 17.9. The van der Waals surface area contributed by atoms with Gasteiger partial charge < -0.3 is 14.7 Å². The molecular weight excluding hydrogens is 352 g/mol. The third-order valence-corrected chi connectivity index (χ3v) is 5.10. The Labute approximate surface area is 154 Å². The quantitative estimate of drug-likeness (QED) is 0.758. The van der Waals surface area contributed by atoms with Crippen molar-refractivity contribution in [2.45, 2.75) is 32.4 Å². The maximum absolute atomic E-state index is 12.6. The van der Waals surface area contributed by atoms with Crippen LogP contribution in [0.3, 0.4) is 0 Å². The van der Waals surface area contributed by atoms with E-state index in [1.807, 2.05) is 18.4 Å². The van der Waals surface area contributed by atoms with Gasteiger partial charge in [-0.15, -0.1) is 11.3 Å². The SMILES string of the molecule is Cc1cc([C@H]2CCCN2C(=O)NCc2csc(-c3ncccn3)n2)on1. The van der Waals surface area contributed by atoms with E-state index in [-0.39, 0.29) is 12.1 Å². The van der Waals surface area contributed by atoms with Crippen molar-refractivity contribution in [1.29, 1.82) is 0 Å². The molecule has 0 radical (unpaired) electrons. The number of hydrogen-bond acceptors (Lipinski definition) is 7. The second-order valence-corrected chi connectivity index (χ2v) is 6.96. The summed E-state index contributed by atoms with van der Waals surface area (Å²) in [5, 5.41) is 9.52. The van der Waals surface area contributed by atoms with Crippen LogP contribution in [0.25, 0.3) is 10.8 Å². The van der Waals surface area contributed by atoms with E-state index >= 15 is 0 Å². The van der Waals surface area contributed by atoms with Crippen molar-refractivity contribution in [1.82, 2.24) is 30.3 Å². The van der Waals surface area contributed by atoms with Crippen molar-refractivity contribution in [3.63, 3.8) is 0 Å². The van der Waals surface area contributed by atoms with Gasteiger partial charge in [0.1, 0.15) is 0 Å². The molecule has 1 aliphatic heterocycles. The molecule has 4 heterocycles. The van der Waals surface area contributed by atoms with Crippen molar-refractivity contribution < 1.29 is 9.32 Å². The van der Waals surface area contributed by atoms with E-state index in [1.54, 1.807) is 23.4 Å². The molecule has 0 unspecified atom stereocenters. The molecule has 1 aliphatic rings. The zero-order valence-electron chi connectivity index (χ0n) is 14.3. The van der Waals surface area contributed by atoms with Gasteiger partial charge in [0.15, 0.2) is 16.6 Å². The smallest absolute Gasteiger partial charge is 0.318 e. The predicted octanol–water partition coefficient (Wildman–Crippen LogP) is 2.94. The van der Waals surface area contributed by atoms with Crippen LogP contribution < -0.4 is 5.32 Å². The molecule has 1 N–H and O–H groups in total. The number of amides is 2. The van der Waals surface area contributed by atoms with Crippen LogP contribution in [0.2, 0.25) is 0 Å². The number of rotatable bonds is 4. The molecule has 8 nitrogen and oxygen atoms in total. The van der Waals surface area contributed by atoms with E-state index < -0.39 is 0 Å². The van der Waals surface area contributed by atoms with Crippen molar-refractivity contribution in [3.05, 3.63) is 47.1 Å². The lowest BCUT2D eigenvalue weighted by Crippen LogP contribution is -2.39.